The number of methoxy groups -OCH3 is 3. The van der Waals surface area contributed by atoms with Crippen LogP contribution < -0.4 is 24.3 Å². The smallest absolute Gasteiger partial charge is 0.169 e. The van der Waals surface area contributed by atoms with Gasteiger partial charge in [-0.25, -0.2) is 0 Å². The van der Waals surface area contributed by atoms with E-state index in [4.69, 9.17) is 31.2 Å². The first-order valence-electron chi connectivity index (χ1n) is 10.4. The molecule has 2 aromatic rings. The Labute approximate surface area is 190 Å². The summed E-state index contributed by atoms with van der Waals surface area (Å²) in [7, 11) is 4.96. The van der Waals surface area contributed by atoms with Crippen LogP contribution in [0.2, 0.25) is 0 Å². The van der Waals surface area contributed by atoms with Gasteiger partial charge in [0.1, 0.15) is 18.1 Å². The molecule has 0 aromatic heterocycles. The lowest BCUT2D eigenvalue weighted by Gasteiger charge is -2.41. The zero-order chi connectivity index (χ0) is 22.6. The molecule has 0 spiro atoms. The Morgan fingerprint density at radius 1 is 1.00 bits per heavy atom. The Kier molecular flexibility index (Phi) is 7.15. The number of thiocarbonyl (C=S) groups is 1. The molecule has 6 nitrogen and oxygen atoms in total. The summed E-state index contributed by atoms with van der Waals surface area (Å²) in [4.78, 5) is 2.21. The first kappa shape index (κ1) is 23.0. The average molecular weight is 445 g/mol. The topological polar surface area (TPSA) is 52.2 Å². The molecule has 3 rings (SSSR count). The van der Waals surface area contributed by atoms with Crippen molar-refractivity contribution in [2.24, 2.45) is 0 Å². The number of rotatable bonds is 6. The summed E-state index contributed by atoms with van der Waals surface area (Å²) in [6.07, 6.45) is 0.862. The molecule has 0 fully saturated rings. The second kappa shape index (κ2) is 9.64. The SMILES string of the molecule is COc1ccc(OCC2c3cc(OC)c(OC)cc3CCN2C(=S)NC(C)(C)C)cc1. The average Bonchev–Trinajstić information content (AvgIpc) is 2.75. The summed E-state index contributed by atoms with van der Waals surface area (Å²) in [5.74, 6) is 3.01. The molecule has 1 atom stereocenters. The highest BCUT2D eigenvalue weighted by Gasteiger charge is 2.32. The van der Waals surface area contributed by atoms with Crippen molar-refractivity contribution in [3.05, 3.63) is 47.5 Å². The van der Waals surface area contributed by atoms with Crippen LogP contribution in [-0.4, -0.2) is 50.0 Å². The minimum Gasteiger partial charge on any atom is -0.497 e. The van der Waals surface area contributed by atoms with Crippen LogP contribution in [0, 0.1) is 0 Å². The fraction of sp³-hybridized carbons (Fsp3) is 0.458. The van der Waals surface area contributed by atoms with E-state index in [1.165, 1.54) is 5.56 Å². The van der Waals surface area contributed by atoms with Crippen molar-refractivity contribution in [2.75, 3.05) is 34.5 Å². The third kappa shape index (κ3) is 5.53. The predicted octanol–water partition coefficient (Wildman–Crippen LogP) is 4.36. The van der Waals surface area contributed by atoms with Gasteiger partial charge in [-0.3, -0.25) is 0 Å². The zero-order valence-corrected chi connectivity index (χ0v) is 20.0. The number of hydrogen-bond acceptors (Lipinski definition) is 5. The van der Waals surface area contributed by atoms with Gasteiger partial charge in [0.15, 0.2) is 16.6 Å². The summed E-state index contributed by atoms with van der Waals surface area (Å²) in [5, 5.41) is 4.16. The molecular weight excluding hydrogens is 412 g/mol. The number of hydrogen-bond donors (Lipinski definition) is 1. The number of ether oxygens (including phenoxy) is 4. The molecule has 0 amide bonds. The number of nitrogens with zero attached hydrogens (tertiary/aromatic N) is 1. The maximum Gasteiger partial charge on any atom is 0.169 e. The van der Waals surface area contributed by atoms with Crippen molar-refractivity contribution in [3.63, 3.8) is 0 Å². The van der Waals surface area contributed by atoms with E-state index < -0.39 is 0 Å². The van der Waals surface area contributed by atoms with Crippen LogP contribution in [0.15, 0.2) is 36.4 Å². The maximum absolute atomic E-state index is 6.19. The molecule has 7 heteroatoms. The Hall–Kier alpha value is -2.67. The Morgan fingerprint density at radius 3 is 2.19 bits per heavy atom. The summed E-state index contributed by atoms with van der Waals surface area (Å²) in [5.41, 5.74) is 2.22. The van der Waals surface area contributed by atoms with Gasteiger partial charge < -0.3 is 29.2 Å². The van der Waals surface area contributed by atoms with Gasteiger partial charge in [0.05, 0.1) is 27.4 Å². The fourth-order valence-electron chi connectivity index (χ4n) is 3.69. The molecule has 1 aliphatic rings. The highest BCUT2D eigenvalue weighted by atomic mass is 32.1. The van der Waals surface area contributed by atoms with E-state index in [9.17, 15) is 0 Å². The van der Waals surface area contributed by atoms with Crippen LogP contribution in [0.1, 0.15) is 37.9 Å². The van der Waals surface area contributed by atoms with Crippen LogP contribution in [-0.2, 0) is 6.42 Å². The fourth-order valence-corrected chi connectivity index (χ4v) is 4.22. The van der Waals surface area contributed by atoms with E-state index in [0.717, 1.165) is 40.9 Å². The van der Waals surface area contributed by atoms with Gasteiger partial charge in [0, 0.05) is 12.1 Å². The standard InChI is InChI=1S/C24H32N2O4S/c1-24(2,3)25-23(31)26-12-11-16-13-21(28-5)22(29-6)14-19(16)20(26)15-30-18-9-7-17(27-4)8-10-18/h7-10,13-14,20H,11-12,15H2,1-6H3,(H,25,31). The second-order valence-electron chi connectivity index (χ2n) is 8.53. The van der Waals surface area contributed by atoms with E-state index in [-0.39, 0.29) is 11.6 Å². The lowest BCUT2D eigenvalue weighted by Crippen LogP contribution is -2.52. The van der Waals surface area contributed by atoms with Crippen LogP contribution in [0.5, 0.6) is 23.0 Å². The van der Waals surface area contributed by atoms with Gasteiger partial charge in [-0.1, -0.05) is 0 Å². The number of nitrogens with one attached hydrogen (secondary N) is 1. The van der Waals surface area contributed by atoms with Crippen LogP contribution in [0.25, 0.3) is 0 Å². The van der Waals surface area contributed by atoms with E-state index in [0.29, 0.717) is 12.4 Å². The van der Waals surface area contributed by atoms with Crippen molar-refractivity contribution < 1.29 is 18.9 Å². The van der Waals surface area contributed by atoms with Crippen LogP contribution in [0.4, 0.5) is 0 Å². The Bertz CT molecular complexity index is 909. The first-order chi connectivity index (χ1) is 14.8. The van der Waals surface area contributed by atoms with Gasteiger partial charge in [0.25, 0.3) is 0 Å². The summed E-state index contributed by atoms with van der Waals surface area (Å²) >= 11 is 5.79. The van der Waals surface area contributed by atoms with Crippen molar-refractivity contribution in [2.45, 2.75) is 38.8 Å². The van der Waals surface area contributed by atoms with E-state index in [1.807, 2.05) is 30.3 Å². The molecular formula is C24H32N2O4S. The molecule has 1 unspecified atom stereocenters. The minimum atomic E-state index is -0.129. The lowest BCUT2D eigenvalue weighted by molar-refractivity contribution is 0.184. The molecule has 0 bridgehead atoms. The molecule has 0 radical (unpaired) electrons. The highest BCUT2D eigenvalue weighted by Crippen LogP contribution is 2.38. The molecule has 1 heterocycles. The number of fused-ring (bicyclic) bond motifs is 1. The molecule has 1 aliphatic heterocycles. The maximum atomic E-state index is 6.19. The van der Waals surface area contributed by atoms with Crippen molar-refractivity contribution in [1.82, 2.24) is 10.2 Å². The molecule has 2 aromatic carbocycles. The monoisotopic (exact) mass is 444 g/mol. The molecule has 1 N–H and O–H groups in total. The largest absolute Gasteiger partial charge is 0.497 e. The third-order valence-electron chi connectivity index (χ3n) is 5.21. The van der Waals surface area contributed by atoms with Crippen LogP contribution >= 0.6 is 12.2 Å². The Morgan fingerprint density at radius 2 is 1.61 bits per heavy atom. The van der Waals surface area contributed by atoms with E-state index in [2.05, 4.69) is 37.1 Å². The van der Waals surface area contributed by atoms with E-state index in [1.54, 1.807) is 21.3 Å². The van der Waals surface area contributed by atoms with Crippen LogP contribution in [0.3, 0.4) is 0 Å². The third-order valence-corrected chi connectivity index (χ3v) is 5.55. The van der Waals surface area contributed by atoms with Crippen molar-refractivity contribution in [1.29, 1.82) is 0 Å². The number of benzene rings is 2. The molecule has 0 saturated heterocycles. The van der Waals surface area contributed by atoms with Gasteiger partial charge in [-0.05, 0) is 86.9 Å². The summed E-state index contributed by atoms with van der Waals surface area (Å²) in [6, 6.07) is 11.6. The second-order valence-corrected chi connectivity index (χ2v) is 8.92. The zero-order valence-electron chi connectivity index (χ0n) is 19.2. The Balaban J connectivity index is 1.92. The van der Waals surface area contributed by atoms with Crippen molar-refractivity contribution in [3.8, 4) is 23.0 Å². The van der Waals surface area contributed by atoms with Gasteiger partial charge in [-0.15, -0.1) is 0 Å². The van der Waals surface area contributed by atoms with Gasteiger partial charge >= 0.3 is 0 Å². The first-order valence-corrected chi connectivity index (χ1v) is 10.8. The quantitative estimate of drug-likeness (QED) is 0.664. The molecule has 31 heavy (non-hydrogen) atoms. The molecule has 0 saturated carbocycles. The molecule has 168 valence electrons. The minimum absolute atomic E-state index is 0.0620. The lowest BCUT2D eigenvalue weighted by atomic mass is 9.92. The molecule has 0 aliphatic carbocycles. The normalized spacial score (nSPS) is 15.7. The summed E-state index contributed by atoms with van der Waals surface area (Å²) < 4.78 is 22.5. The van der Waals surface area contributed by atoms with Gasteiger partial charge in [0.2, 0.25) is 0 Å². The highest BCUT2D eigenvalue weighted by molar-refractivity contribution is 7.80. The predicted molar refractivity (Wildman–Crippen MR) is 127 cm³/mol. The summed E-state index contributed by atoms with van der Waals surface area (Å²) in [6.45, 7) is 7.55. The van der Waals surface area contributed by atoms with Gasteiger partial charge in [-0.2, -0.15) is 0 Å². The van der Waals surface area contributed by atoms with Crippen molar-refractivity contribution >= 4 is 17.3 Å². The van der Waals surface area contributed by atoms with E-state index >= 15 is 0 Å².